The van der Waals surface area contributed by atoms with Gasteiger partial charge in [-0.3, -0.25) is 9.59 Å². The van der Waals surface area contributed by atoms with Gasteiger partial charge >= 0.3 is 5.97 Å². The number of benzene rings is 1. The van der Waals surface area contributed by atoms with Gasteiger partial charge in [0.05, 0.1) is 17.5 Å². The van der Waals surface area contributed by atoms with Crippen LogP contribution in [0.1, 0.15) is 44.9 Å². The average molecular weight is 434 g/mol. The van der Waals surface area contributed by atoms with Crippen LogP contribution in [0.2, 0.25) is 0 Å². The molecular weight excluding hydrogens is 416 g/mol. The van der Waals surface area contributed by atoms with Crippen LogP contribution in [0.3, 0.4) is 0 Å². The van der Waals surface area contributed by atoms with E-state index in [1.807, 2.05) is 0 Å². The molecule has 1 fully saturated rings. The fourth-order valence-corrected chi connectivity index (χ4v) is 6.36. The quantitative estimate of drug-likeness (QED) is 0.669. The summed E-state index contributed by atoms with van der Waals surface area (Å²) in [7, 11) is -3.57. The van der Waals surface area contributed by atoms with Gasteiger partial charge in [-0.05, 0) is 37.1 Å². The summed E-state index contributed by atoms with van der Waals surface area (Å²) < 4.78 is 27.0. The first-order valence-corrected chi connectivity index (χ1v) is 11.4. The highest BCUT2D eigenvalue weighted by atomic mass is 32.2. The summed E-state index contributed by atoms with van der Waals surface area (Å²) >= 11 is 0.990. The van der Waals surface area contributed by atoms with Gasteiger partial charge in [0.25, 0.3) is 21.8 Å². The number of amides is 2. The van der Waals surface area contributed by atoms with Crippen LogP contribution in [-0.4, -0.2) is 48.7 Å². The second-order valence-electron chi connectivity index (χ2n) is 6.78. The zero-order valence-electron chi connectivity index (χ0n) is 15.4. The van der Waals surface area contributed by atoms with Crippen molar-refractivity contribution >= 4 is 39.1 Å². The first kappa shape index (κ1) is 19.7. The minimum absolute atomic E-state index is 0.169. The highest BCUT2D eigenvalue weighted by molar-refractivity contribution is 7.91. The lowest BCUT2D eigenvalue weighted by molar-refractivity contribution is -0.167. The Kier molecular flexibility index (Phi) is 5.24. The number of hydrogen-bond donors (Lipinski definition) is 0. The van der Waals surface area contributed by atoms with E-state index in [1.165, 1.54) is 22.5 Å². The number of carbonyl (C=O) groups excluding carboxylic acids is 3. The molecule has 1 aromatic heterocycles. The maximum atomic E-state index is 12.7. The summed E-state index contributed by atoms with van der Waals surface area (Å²) in [5.74, 6) is -2.21. The van der Waals surface area contributed by atoms with Crippen molar-refractivity contribution in [3.05, 3.63) is 52.4 Å². The number of nitrogens with zero attached hydrogens (tertiary/aromatic N) is 2. The predicted octanol–water partition coefficient (Wildman–Crippen LogP) is 2.22. The van der Waals surface area contributed by atoms with E-state index in [0.717, 1.165) is 30.6 Å². The lowest BCUT2D eigenvalue weighted by Gasteiger charge is -2.25. The minimum atomic E-state index is -3.57. The second kappa shape index (κ2) is 7.69. The van der Waals surface area contributed by atoms with Crippen LogP contribution in [0.15, 0.2) is 40.6 Å². The second-order valence-corrected chi connectivity index (χ2v) is 10.1. The Labute approximate surface area is 171 Å². The highest BCUT2D eigenvalue weighted by Gasteiger charge is 2.38. The van der Waals surface area contributed by atoms with Gasteiger partial charge in [0.2, 0.25) is 0 Å². The lowest BCUT2D eigenvalue weighted by atomic mass is 10.1. The van der Waals surface area contributed by atoms with Crippen molar-refractivity contribution in [1.82, 2.24) is 9.37 Å². The smallest absolute Gasteiger partial charge is 0.329 e. The molecule has 0 unspecified atom stereocenters. The van der Waals surface area contributed by atoms with Crippen molar-refractivity contribution in [3.63, 3.8) is 0 Å². The zero-order valence-corrected chi connectivity index (χ0v) is 17.0. The monoisotopic (exact) mass is 434 g/mol. The third-order valence-electron chi connectivity index (χ3n) is 4.81. The van der Waals surface area contributed by atoms with Crippen LogP contribution in [0.5, 0.6) is 0 Å². The van der Waals surface area contributed by atoms with Crippen LogP contribution >= 0.6 is 11.3 Å². The Hall–Kier alpha value is -2.56. The Morgan fingerprint density at radius 1 is 0.966 bits per heavy atom. The molecule has 0 N–H and O–H groups in total. The van der Waals surface area contributed by atoms with E-state index in [2.05, 4.69) is 0 Å². The largest absolute Gasteiger partial charge is 0.338 e. The van der Waals surface area contributed by atoms with E-state index in [0.29, 0.717) is 23.0 Å². The molecule has 1 saturated heterocycles. The molecule has 0 atom stereocenters. The van der Waals surface area contributed by atoms with Gasteiger partial charge in [-0.15, -0.1) is 11.3 Å². The molecule has 152 valence electrons. The molecule has 0 bridgehead atoms. The van der Waals surface area contributed by atoms with Crippen LogP contribution in [0.25, 0.3) is 0 Å². The molecular formula is C19H18N2O6S2. The van der Waals surface area contributed by atoms with E-state index in [-0.39, 0.29) is 21.8 Å². The van der Waals surface area contributed by atoms with E-state index in [1.54, 1.807) is 18.2 Å². The number of sulfonamides is 1. The molecule has 2 aliphatic heterocycles. The molecule has 0 radical (unpaired) electrons. The molecule has 0 aliphatic carbocycles. The molecule has 2 aliphatic rings. The summed E-state index contributed by atoms with van der Waals surface area (Å²) in [6.07, 6.45) is 2.45. The third-order valence-corrected chi connectivity index (χ3v) is 8.27. The van der Waals surface area contributed by atoms with Gasteiger partial charge < -0.3 is 4.84 Å². The van der Waals surface area contributed by atoms with Gasteiger partial charge in [-0.1, -0.05) is 23.6 Å². The first-order chi connectivity index (χ1) is 13.9. The van der Waals surface area contributed by atoms with Crippen LogP contribution < -0.4 is 0 Å². The van der Waals surface area contributed by atoms with Crippen LogP contribution in [0.4, 0.5) is 0 Å². The van der Waals surface area contributed by atoms with Crippen molar-refractivity contribution < 1.29 is 27.6 Å². The van der Waals surface area contributed by atoms with E-state index in [9.17, 15) is 22.8 Å². The van der Waals surface area contributed by atoms with Crippen molar-refractivity contribution in [2.75, 3.05) is 13.1 Å². The molecule has 2 aromatic rings. The van der Waals surface area contributed by atoms with Crippen LogP contribution in [-0.2, 0) is 26.1 Å². The van der Waals surface area contributed by atoms with E-state index < -0.39 is 27.8 Å². The molecule has 4 rings (SSSR count). The summed E-state index contributed by atoms with van der Waals surface area (Å²) in [6.45, 7) is 0.995. The van der Waals surface area contributed by atoms with Gasteiger partial charge in [-0.2, -0.15) is 4.31 Å². The summed E-state index contributed by atoms with van der Waals surface area (Å²) in [6, 6.07) is 9.22. The SMILES string of the molecule is O=C(Cc1ccc(S(=O)(=O)N2CCCCC2)s1)ON1C(=O)c2ccccc2C1=O. The molecule has 3 heterocycles. The summed E-state index contributed by atoms with van der Waals surface area (Å²) in [5, 5.41) is 0.450. The molecule has 29 heavy (non-hydrogen) atoms. The molecule has 10 heteroatoms. The lowest BCUT2D eigenvalue weighted by Crippen LogP contribution is -2.35. The number of piperidine rings is 1. The average Bonchev–Trinajstić information content (AvgIpc) is 3.29. The van der Waals surface area contributed by atoms with Gasteiger partial charge in [0.15, 0.2) is 0 Å². The topological polar surface area (TPSA) is 101 Å². The zero-order chi connectivity index (χ0) is 20.6. The van der Waals surface area contributed by atoms with E-state index >= 15 is 0 Å². The van der Waals surface area contributed by atoms with E-state index in [4.69, 9.17) is 4.84 Å². The standard InChI is InChI=1S/C19H18N2O6S2/c22-16(27-21-18(23)14-6-2-3-7-15(14)19(21)24)12-13-8-9-17(28-13)29(25,26)20-10-4-1-5-11-20/h2-3,6-9H,1,4-5,10-12H2. The van der Waals surface area contributed by atoms with Gasteiger partial charge in [-0.25, -0.2) is 13.2 Å². The number of imide groups is 1. The van der Waals surface area contributed by atoms with Crippen molar-refractivity contribution in [2.24, 2.45) is 0 Å². The fourth-order valence-electron chi connectivity index (χ4n) is 3.35. The highest BCUT2D eigenvalue weighted by Crippen LogP contribution is 2.28. The summed E-state index contributed by atoms with van der Waals surface area (Å²) in [4.78, 5) is 42.2. The third kappa shape index (κ3) is 3.70. The maximum absolute atomic E-state index is 12.7. The Morgan fingerprint density at radius 3 is 2.21 bits per heavy atom. The van der Waals surface area contributed by atoms with Gasteiger partial charge in [0.1, 0.15) is 4.21 Å². The number of carbonyl (C=O) groups is 3. The normalized spacial score (nSPS) is 17.4. The Bertz CT molecular complexity index is 1050. The number of thiophene rings is 1. The van der Waals surface area contributed by atoms with Gasteiger partial charge in [0, 0.05) is 18.0 Å². The maximum Gasteiger partial charge on any atom is 0.338 e. The Balaban J connectivity index is 1.43. The molecule has 0 saturated carbocycles. The van der Waals surface area contributed by atoms with Crippen molar-refractivity contribution in [2.45, 2.75) is 29.9 Å². The number of hydroxylamine groups is 2. The van der Waals surface area contributed by atoms with Crippen LogP contribution in [0, 0.1) is 0 Å². The van der Waals surface area contributed by atoms with Crippen molar-refractivity contribution in [1.29, 1.82) is 0 Å². The molecule has 8 nitrogen and oxygen atoms in total. The molecule has 2 amide bonds. The Morgan fingerprint density at radius 2 is 1.59 bits per heavy atom. The number of fused-ring (bicyclic) bond motifs is 1. The fraction of sp³-hybridized carbons (Fsp3) is 0.316. The minimum Gasteiger partial charge on any atom is -0.329 e. The molecule has 1 aromatic carbocycles. The van der Waals surface area contributed by atoms with Crippen molar-refractivity contribution in [3.8, 4) is 0 Å². The first-order valence-electron chi connectivity index (χ1n) is 9.15. The summed E-state index contributed by atoms with van der Waals surface area (Å²) in [5.41, 5.74) is 0.354. The predicted molar refractivity (Wildman–Crippen MR) is 104 cm³/mol. The number of rotatable bonds is 5. The number of hydrogen-bond acceptors (Lipinski definition) is 7. The molecule has 0 spiro atoms.